The van der Waals surface area contributed by atoms with Crippen LogP contribution in [0.5, 0.6) is 0 Å². The van der Waals surface area contributed by atoms with E-state index in [-0.39, 0.29) is 5.97 Å². The van der Waals surface area contributed by atoms with Gasteiger partial charge in [-0.05, 0) is 18.3 Å². The number of unbranched alkanes of at least 4 members (excludes halogenated alkanes) is 9. The van der Waals surface area contributed by atoms with Crippen molar-refractivity contribution < 1.29 is 9.53 Å². The van der Waals surface area contributed by atoms with Crippen LogP contribution in [-0.2, 0) is 9.53 Å². The fraction of sp³-hybridized carbons (Fsp3) is 0.955. The maximum Gasteiger partial charge on any atom is 0.305 e. The molecule has 0 atom stereocenters. The first kappa shape index (κ1) is 23.5. The number of hydrogen-bond donors (Lipinski definition) is 0. The van der Waals surface area contributed by atoms with Gasteiger partial charge in [-0.2, -0.15) is 0 Å². The van der Waals surface area contributed by atoms with Crippen LogP contribution >= 0.6 is 0 Å². The molecule has 0 aliphatic heterocycles. The Hall–Kier alpha value is -0.530. The molecule has 0 amide bonds. The summed E-state index contributed by atoms with van der Waals surface area (Å²) in [5.74, 6) is 1.41. The second-order valence-electron chi connectivity index (χ2n) is 7.83. The SMILES string of the molecule is CCC(CC)COC(=O)CCCCCCCCCCCCC(C)C. The molecule has 0 aromatic carbocycles. The van der Waals surface area contributed by atoms with Crippen molar-refractivity contribution in [3.8, 4) is 0 Å². The zero-order valence-corrected chi connectivity index (χ0v) is 17.1. The van der Waals surface area contributed by atoms with Gasteiger partial charge in [0.15, 0.2) is 0 Å². The predicted molar refractivity (Wildman–Crippen MR) is 105 cm³/mol. The lowest BCUT2D eigenvalue weighted by molar-refractivity contribution is -0.145. The number of rotatable bonds is 17. The highest BCUT2D eigenvalue weighted by Crippen LogP contribution is 2.14. The first-order valence-electron chi connectivity index (χ1n) is 10.8. The van der Waals surface area contributed by atoms with Crippen LogP contribution in [0.4, 0.5) is 0 Å². The monoisotopic (exact) mass is 340 g/mol. The Morgan fingerprint density at radius 2 is 1.21 bits per heavy atom. The highest BCUT2D eigenvalue weighted by Gasteiger charge is 2.08. The molecule has 0 aliphatic carbocycles. The van der Waals surface area contributed by atoms with Crippen LogP contribution in [0, 0.1) is 11.8 Å². The summed E-state index contributed by atoms with van der Waals surface area (Å²) in [5, 5.41) is 0. The van der Waals surface area contributed by atoms with Crippen LogP contribution in [0.1, 0.15) is 118 Å². The maximum absolute atomic E-state index is 11.7. The van der Waals surface area contributed by atoms with Gasteiger partial charge in [-0.25, -0.2) is 0 Å². The number of esters is 1. The molecule has 2 heteroatoms. The van der Waals surface area contributed by atoms with Crippen molar-refractivity contribution in [1.82, 2.24) is 0 Å². The highest BCUT2D eigenvalue weighted by molar-refractivity contribution is 5.69. The van der Waals surface area contributed by atoms with Gasteiger partial charge in [0.2, 0.25) is 0 Å². The molecular weight excluding hydrogens is 296 g/mol. The van der Waals surface area contributed by atoms with E-state index in [0.29, 0.717) is 18.9 Å². The van der Waals surface area contributed by atoms with Gasteiger partial charge in [-0.1, -0.05) is 105 Å². The van der Waals surface area contributed by atoms with E-state index in [9.17, 15) is 4.79 Å². The zero-order valence-electron chi connectivity index (χ0n) is 17.1. The first-order chi connectivity index (χ1) is 11.6. The van der Waals surface area contributed by atoms with E-state index in [1.165, 1.54) is 64.2 Å². The van der Waals surface area contributed by atoms with E-state index >= 15 is 0 Å². The lowest BCUT2D eigenvalue weighted by Gasteiger charge is -2.12. The van der Waals surface area contributed by atoms with Crippen molar-refractivity contribution in [3.05, 3.63) is 0 Å². The minimum atomic E-state index is 0.00305. The minimum absolute atomic E-state index is 0.00305. The van der Waals surface area contributed by atoms with Crippen LogP contribution in [0.25, 0.3) is 0 Å². The normalized spacial score (nSPS) is 11.4. The third-order valence-corrected chi connectivity index (χ3v) is 5.05. The van der Waals surface area contributed by atoms with Crippen LogP contribution in [-0.4, -0.2) is 12.6 Å². The number of carbonyl (C=O) groups is 1. The molecule has 0 aromatic rings. The van der Waals surface area contributed by atoms with Crippen LogP contribution < -0.4 is 0 Å². The largest absolute Gasteiger partial charge is 0.465 e. The second-order valence-corrected chi connectivity index (χ2v) is 7.83. The van der Waals surface area contributed by atoms with Gasteiger partial charge < -0.3 is 4.74 Å². The predicted octanol–water partition coefficient (Wildman–Crippen LogP) is 7.30. The summed E-state index contributed by atoms with van der Waals surface area (Å²) in [6.45, 7) is 9.56. The summed E-state index contributed by atoms with van der Waals surface area (Å²) in [5.41, 5.74) is 0. The van der Waals surface area contributed by atoms with Gasteiger partial charge >= 0.3 is 5.97 Å². The summed E-state index contributed by atoms with van der Waals surface area (Å²) in [7, 11) is 0. The van der Waals surface area contributed by atoms with Gasteiger partial charge in [0.25, 0.3) is 0 Å². The summed E-state index contributed by atoms with van der Waals surface area (Å²) in [4.78, 5) is 11.7. The van der Waals surface area contributed by atoms with Crippen molar-refractivity contribution >= 4 is 5.97 Å². The molecule has 0 aliphatic rings. The second kappa shape index (κ2) is 17.3. The quantitative estimate of drug-likeness (QED) is 0.205. The fourth-order valence-electron chi connectivity index (χ4n) is 3.04. The summed E-state index contributed by atoms with van der Waals surface area (Å²) < 4.78 is 5.35. The average molecular weight is 341 g/mol. The van der Waals surface area contributed by atoms with E-state index in [4.69, 9.17) is 4.74 Å². The van der Waals surface area contributed by atoms with Gasteiger partial charge in [-0.3, -0.25) is 4.79 Å². The van der Waals surface area contributed by atoms with Gasteiger partial charge in [0.05, 0.1) is 6.61 Å². The van der Waals surface area contributed by atoms with E-state index in [1.54, 1.807) is 0 Å². The molecule has 24 heavy (non-hydrogen) atoms. The molecule has 0 radical (unpaired) electrons. The summed E-state index contributed by atoms with van der Waals surface area (Å²) in [6.07, 6.45) is 17.4. The average Bonchev–Trinajstić information content (AvgIpc) is 2.56. The van der Waals surface area contributed by atoms with Crippen molar-refractivity contribution in [3.63, 3.8) is 0 Å². The van der Waals surface area contributed by atoms with Crippen molar-refractivity contribution in [2.45, 2.75) is 118 Å². The van der Waals surface area contributed by atoms with Crippen molar-refractivity contribution in [1.29, 1.82) is 0 Å². The molecule has 0 unspecified atom stereocenters. The third kappa shape index (κ3) is 16.3. The Balaban J connectivity index is 3.23. The minimum Gasteiger partial charge on any atom is -0.465 e. The lowest BCUT2D eigenvalue weighted by atomic mass is 10.0. The molecule has 0 heterocycles. The van der Waals surface area contributed by atoms with Gasteiger partial charge in [-0.15, -0.1) is 0 Å². The Labute approximate surface area is 152 Å². The number of carbonyl (C=O) groups excluding carboxylic acids is 1. The summed E-state index contributed by atoms with van der Waals surface area (Å²) >= 11 is 0. The van der Waals surface area contributed by atoms with Gasteiger partial charge in [0.1, 0.15) is 0 Å². The molecule has 0 N–H and O–H groups in total. The number of ether oxygens (including phenoxy) is 1. The Morgan fingerprint density at radius 1 is 0.750 bits per heavy atom. The van der Waals surface area contributed by atoms with E-state index < -0.39 is 0 Å². The maximum atomic E-state index is 11.7. The molecule has 0 rings (SSSR count). The third-order valence-electron chi connectivity index (χ3n) is 5.05. The Kier molecular flexibility index (Phi) is 16.9. The smallest absolute Gasteiger partial charge is 0.305 e. The van der Waals surface area contributed by atoms with Gasteiger partial charge in [0, 0.05) is 6.42 Å². The molecular formula is C22H44O2. The summed E-state index contributed by atoms with van der Waals surface area (Å²) in [6, 6.07) is 0. The Morgan fingerprint density at radius 3 is 1.67 bits per heavy atom. The molecule has 0 saturated carbocycles. The topological polar surface area (TPSA) is 26.3 Å². The van der Waals surface area contributed by atoms with E-state index in [0.717, 1.165) is 25.2 Å². The molecule has 0 aromatic heterocycles. The van der Waals surface area contributed by atoms with Crippen molar-refractivity contribution in [2.24, 2.45) is 11.8 Å². The van der Waals surface area contributed by atoms with Crippen LogP contribution in [0.2, 0.25) is 0 Å². The van der Waals surface area contributed by atoms with E-state index in [2.05, 4.69) is 27.7 Å². The number of hydrogen-bond acceptors (Lipinski definition) is 2. The molecule has 2 nitrogen and oxygen atoms in total. The zero-order chi connectivity index (χ0) is 18.0. The molecule has 0 spiro atoms. The van der Waals surface area contributed by atoms with Crippen molar-refractivity contribution in [2.75, 3.05) is 6.61 Å². The van der Waals surface area contributed by atoms with E-state index in [1.807, 2.05) is 0 Å². The standard InChI is InChI=1S/C22H44O2/c1-5-21(6-2)19-24-22(23)18-16-14-12-10-8-7-9-11-13-15-17-20(3)4/h20-21H,5-19H2,1-4H3. The molecule has 144 valence electrons. The highest BCUT2D eigenvalue weighted by atomic mass is 16.5. The fourth-order valence-corrected chi connectivity index (χ4v) is 3.04. The molecule has 0 saturated heterocycles. The first-order valence-corrected chi connectivity index (χ1v) is 10.8. The van der Waals surface area contributed by atoms with Crippen LogP contribution in [0.15, 0.2) is 0 Å². The Bertz CT molecular complexity index is 269. The molecule has 0 fully saturated rings. The lowest BCUT2D eigenvalue weighted by Crippen LogP contribution is -2.12. The molecule has 0 bridgehead atoms. The van der Waals surface area contributed by atoms with Crippen LogP contribution in [0.3, 0.4) is 0 Å².